The van der Waals surface area contributed by atoms with Gasteiger partial charge in [0.15, 0.2) is 0 Å². The van der Waals surface area contributed by atoms with E-state index in [4.69, 9.17) is 0 Å². The van der Waals surface area contributed by atoms with E-state index in [0.29, 0.717) is 16.6 Å². The summed E-state index contributed by atoms with van der Waals surface area (Å²) in [7, 11) is 0.352. The number of halogens is 1. The molecular formula is C14H21BrN2O3S. The molecule has 1 saturated heterocycles. The Kier molecular flexibility index (Phi) is 5.43. The van der Waals surface area contributed by atoms with E-state index < -0.39 is 10.0 Å². The second-order valence-corrected chi connectivity index (χ2v) is 8.31. The summed E-state index contributed by atoms with van der Waals surface area (Å²) in [5, 5.41) is 9.22. The number of benzene rings is 1. The zero-order valence-corrected chi connectivity index (χ0v) is 14.7. The van der Waals surface area contributed by atoms with Gasteiger partial charge in [-0.05, 0) is 60.6 Å². The van der Waals surface area contributed by atoms with Crippen LogP contribution in [-0.4, -0.2) is 56.0 Å². The van der Waals surface area contributed by atoms with Gasteiger partial charge in [-0.15, -0.1) is 0 Å². The Balaban J connectivity index is 2.37. The molecule has 0 aliphatic carbocycles. The lowest BCUT2D eigenvalue weighted by Crippen LogP contribution is -2.41. The standard InChI is InChI=1S/C14H21BrN2O3S/c1-16(2)9-12-4-3-7-17(12)21(19,20)14-8-11(10-18)5-6-13(14)15/h5-6,8,12,18H,3-4,7,9-10H2,1-2H3. The number of likely N-dealkylation sites (N-methyl/N-ethyl adjacent to an activating group) is 1. The molecule has 21 heavy (non-hydrogen) atoms. The highest BCUT2D eigenvalue weighted by Crippen LogP contribution is 2.31. The fraction of sp³-hybridized carbons (Fsp3) is 0.571. The molecule has 0 bridgehead atoms. The molecule has 1 heterocycles. The van der Waals surface area contributed by atoms with Crippen molar-refractivity contribution >= 4 is 26.0 Å². The van der Waals surface area contributed by atoms with E-state index in [9.17, 15) is 13.5 Å². The van der Waals surface area contributed by atoms with Gasteiger partial charge in [0.05, 0.1) is 11.5 Å². The van der Waals surface area contributed by atoms with E-state index in [1.54, 1.807) is 22.5 Å². The number of nitrogens with zero attached hydrogens (tertiary/aromatic N) is 2. The van der Waals surface area contributed by atoms with Crippen molar-refractivity contribution in [2.75, 3.05) is 27.2 Å². The first-order valence-electron chi connectivity index (χ1n) is 6.92. The third-order valence-electron chi connectivity index (χ3n) is 3.66. The lowest BCUT2D eigenvalue weighted by molar-refractivity contribution is 0.281. The molecule has 1 aliphatic rings. The highest BCUT2D eigenvalue weighted by molar-refractivity contribution is 9.10. The van der Waals surface area contributed by atoms with Crippen molar-refractivity contribution in [2.24, 2.45) is 0 Å². The number of rotatable bonds is 5. The molecular weight excluding hydrogens is 356 g/mol. The van der Waals surface area contributed by atoms with Crippen LogP contribution in [0, 0.1) is 0 Å². The lowest BCUT2D eigenvalue weighted by atomic mass is 10.2. The monoisotopic (exact) mass is 376 g/mol. The molecule has 1 atom stereocenters. The van der Waals surface area contributed by atoms with Gasteiger partial charge in [0.25, 0.3) is 0 Å². The van der Waals surface area contributed by atoms with Gasteiger partial charge < -0.3 is 10.0 Å². The van der Waals surface area contributed by atoms with E-state index >= 15 is 0 Å². The van der Waals surface area contributed by atoms with Crippen LogP contribution in [0.5, 0.6) is 0 Å². The number of aliphatic hydroxyl groups is 1. The van der Waals surface area contributed by atoms with Crippen molar-refractivity contribution in [3.63, 3.8) is 0 Å². The minimum absolute atomic E-state index is 0.00897. The van der Waals surface area contributed by atoms with Crippen LogP contribution in [0.25, 0.3) is 0 Å². The Morgan fingerprint density at radius 1 is 1.43 bits per heavy atom. The molecule has 0 amide bonds. The molecule has 1 unspecified atom stereocenters. The first-order valence-corrected chi connectivity index (χ1v) is 9.15. The Bertz CT molecular complexity index is 604. The largest absolute Gasteiger partial charge is 0.392 e. The second-order valence-electron chi connectivity index (χ2n) is 5.60. The third kappa shape index (κ3) is 3.65. The van der Waals surface area contributed by atoms with Gasteiger partial charge in [-0.2, -0.15) is 4.31 Å². The molecule has 1 fully saturated rings. The van der Waals surface area contributed by atoms with Crippen molar-refractivity contribution in [1.82, 2.24) is 9.21 Å². The molecule has 0 radical (unpaired) electrons. The van der Waals surface area contributed by atoms with Gasteiger partial charge >= 0.3 is 0 Å². The molecule has 5 nitrogen and oxygen atoms in total. The molecule has 0 saturated carbocycles. The number of sulfonamides is 1. The first kappa shape index (κ1) is 16.9. The summed E-state index contributed by atoms with van der Waals surface area (Å²) in [6, 6.07) is 4.94. The van der Waals surface area contributed by atoms with Gasteiger partial charge in [-0.1, -0.05) is 6.07 Å². The van der Waals surface area contributed by atoms with Crippen LogP contribution >= 0.6 is 15.9 Å². The van der Waals surface area contributed by atoms with Gasteiger partial charge in [-0.3, -0.25) is 0 Å². The van der Waals surface area contributed by atoms with Crippen LogP contribution in [0.15, 0.2) is 27.6 Å². The fourth-order valence-electron chi connectivity index (χ4n) is 2.70. The second kappa shape index (κ2) is 6.75. The zero-order valence-electron chi connectivity index (χ0n) is 12.3. The van der Waals surface area contributed by atoms with Crippen LogP contribution in [0.3, 0.4) is 0 Å². The maximum atomic E-state index is 12.9. The molecule has 0 aromatic heterocycles. The zero-order chi connectivity index (χ0) is 15.6. The van der Waals surface area contributed by atoms with Crippen molar-refractivity contribution < 1.29 is 13.5 Å². The van der Waals surface area contributed by atoms with Gasteiger partial charge in [0.1, 0.15) is 0 Å². The van der Waals surface area contributed by atoms with Crippen LogP contribution in [-0.2, 0) is 16.6 Å². The number of aliphatic hydroxyl groups excluding tert-OH is 1. The topological polar surface area (TPSA) is 60.9 Å². The predicted octanol–water partition coefficient (Wildman–Crippen LogP) is 1.66. The van der Waals surface area contributed by atoms with E-state index in [0.717, 1.165) is 19.4 Å². The highest BCUT2D eigenvalue weighted by Gasteiger charge is 2.36. The minimum atomic E-state index is -3.55. The SMILES string of the molecule is CN(C)CC1CCCN1S(=O)(=O)c1cc(CO)ccc1Br. The van der Waals surface area contributed by atoms with Crippen LogP contribution in [0.4, 0.5) is 0 Å². The molecule has 2 rings (SSSR count). The summed E-state index contributed by atoms with van der Waals surface area (Å²) in [5.41, 5.74) is 0.597. The van der Waals surface area contributed by atoms with E-state index in [1.165, 1.54) is 0 Å². The average Bonchev–Trinajstić information content (AvgIpc) is 2.87. The van der Waals surface area contributed by atoms with E-state index in [2.05, 4.69) is 15.9 Å². The number of hydrogen-bond donors (Lipinski definition) is 1. The van der Waals surface area contributed by atoms with Gasteiger partial charge in [0, 0.05) is 23.6 Å². The normalized spacial score (nSPS) is 20.3. The fourth-order valence-corrected chi connectivity index (χ4v) is 5.36. The quantitative estimate of drug-likeness (QED) is 0.848. The predicted molar refractivity (Wildman–Crippen MR) is 85.5 cm³/mol. The van der Waals surface area contributed by atoms with Crippen molar-refractivity contribution in [1.29, 1.82) is 0 Å². The van der Waals surface area contributed by atoms with Crippen molar-refractivity contribution in [3.05, 3.63) is 28.2 Å². The van der Waals surface area contributed by atoms with Gasteiger partial charge in [0.2, 0.25) is 10.0 Å². The van der Waals surface area contributed by atoms with Crippen molar-refractivity contribution in [2.45, 2.75) is 30.4 Å². The molecule has 1 N–H and O–H groups in total. The Morgan fingerprint density at radius 2 is 2.14 bits per heavy atom. The number of hydrogen-bond acceptors (Lipinski definition) is 4. The first-order chi connectivity index (χ1) is 9.86. The summed E-state index contributed by atoms with van der Waals surface area (Å²) in [5.74, 6) is 0. The smallest absolute Gasteiger partial charge is 0.244 e. The Morgan fingerprint density at radius 3 is 2.76 bits per heavy atom. The average molecular weight is 377 g/mol. The van der Waals surface area contributed by atoms with Crippen molar-refractivity contribution in [3.8, 4) is 0 Å². The summed E-state index contributed by atoms with van der Waals surface area (Å²) in [6.45, 7) is 1.10. The highest BCUT2D eigenvalue weighted by atomic mass is 79.9. The Labute approximate surface area is 134 Å². The van der Waals surface area contributed by atoms with Crippen LogP contribution in [0.2, 0.25) is 0 Å². The van der Waals surface area contributed by atoms with E-state index in [-0.39, 0.29) is 17.5 Å². The molecule has 1 aromatic carbocycles. The third-order valence-corrected chi connectivity index (χ3v) is 6.61. The molecule has 7 heteroatoms. The maximum absolute atomic E-state index is 12.9. The molecule has 118 valence electrons. The lowest BCUT2D eigenvalue weighted by Gasteiger charge is -2.27. The maximum Gasteiger partial charge on any atom is 0.244 e. The molecule has 1 aromatic rings. The summed E-state index contributed by atoms with van der Waals surface area (Å²) >= 11 is 3.32. The minimum Gasteiger partial charge on any atom is -0.392 e. The van der Waals surface area contributed by atoms with Crippen LogP contribution in [0.1, 0.15) is 18.4 Å². The molecule has 1 aliphatic heterocycles. The summed E-state index contributed by atoms with van der Waals surface area (Å²) in [6.07, 6.45) is 1.77. The van der Waals surface area contributed by atoms with Crippen LogP contribution < -0.4 is 0 Å². The van der Waals surface area contributed by atoms with Gasteiger partial charge in [-0.25, -0.2) is 8.42 Å². The van der Waals surface area contributed by atoms with E-state index in [1.807, 2.05) is 19.0 Å². The Hall–Kier alpha value is -0.470. The summed E-state index contributed by atoms with van der Waals surface area (Å²) in [4.78, 5) is 2.25. The summed E-state index contributed by atoms with van der Waals surface area (Å²) < 4.78 is 28.0. The molecule has 0 spiro atoms.